The Morgan fingerprint density at radius 3 is 2.00 bits per heavy atom. The van der Waals surface area contributed by atoms with E-state index < -0.39 is 17.7 Å². The molecule has 1 atom stereocenters. The van der Waals surface area contributed by atoms with Gasteiger partial charge in [-0.25, -0.2) is 4.79 Å². The maximum absolute atomic E-state index is 12.5. The SMILES string of the molecule is Cc1ccc(Oc2ccc(CCC(NC(=O)OC(C)(C)C)C(=O)N(C)C)cc2)cc1. The highest BCUT2D eigenvalue weighted by Gasteiger charge is 2.25. The van der Waals surface area contributed by atoms with Gasteiger partial charge in [-0.15, -0.1) is 0 Å². The van der Waals surface area contributed by atoms with Crippen molar-refractivity contribution in [3.8, 4) is 11.5 Å². The summed E-state index contributed by atoms with van der Waals surface area (Å²) in [5, 5.41) is 2.70. The third-order valence-electron chi connectivity index (χ3n) is 4.33. The van der Waals surface area contributed by atoms with E-state index in [1.54, 1.807) is 34.9 Å². The first-order valence-electron chi connectivity index (χ1n) is 10.1. The van der Waals surface area contributed by atoms with Gasteiger partial charge in [-0.3, -0.25) is 4.79 Å². The summed E-state index contributed by atoms with van der Waals surface area (Å²) in [6, 6.07) is 15.0. The van der Waals surface area contributed by atoms with E-state index in [0.717, 1.165) is 17.1 Å². The molecule has 0 bridgehead atoms. The average Bonchev–Trinajstić information content (AvgIpc) is 2.66. The Kier molecular flexibility index (Phi) is 7.86. The Morgan fingerprint density at radius 2 is 1.50 bits per heavy atom. The molecule has 30 heavy (non-hydrogen) atoms. The summed E-state index contributed by atoms with van der Waals surface area (Å²) in [6.07, 6.45) is 0.503. The fraction of sp³-hybridized carbons (Fsp3) is 0.417. The summed E-state index contributed by atoms with van der Waals surface area (Å²) in [5.41, 5.74) is 1.61. The number of ether oxygens (including phenoxy) is 2. The van der Waals surface area contributed by atoms with E-state index >= 15 is 0 Å². The van der Waals surface area contributed by atoms with Crippen LogP contribution < -0.4 is 10.1 Å². The van der Waals surface area contributed by atoms with Gasteiger partial charge in [0.25, 0.3) is 0 Å². The smallest absolute Gasteiger partial charge is 0.408 e. The summed E-state index contributed by atoms with van der Waals surface area (Å²) < 4.78 is 11.1. The van der Waals surface area contributed by atoms with Gasteiger partial charge < -0.3 is 19.7 Å². The van der Waals surface area contributed by atoms with E-state index in [2.05, 4.69) is 5.32 Å². The van der Waals surface area contributed by atoms with Crippen molar-refractivity contribution in [1.29, 1.82) is 0 Å². The average molecular weight is 413 g/mol. The van der Waals surface area contributed by atoms with Crippen LogP contribution >= 0.6 is 0 Å². The van der Waals surface area contributed by atoms with Crippen molar-refractivity contribution < 1.29 is 19.1 Å². The standard InChI is InChI=1S/C24H32N2O4/c1-17-7-12-19(13-8-17)29-20-14-9-18(10-15-20)11-16-21(22(27)26(5)6)25-23(28)30-24(2,3)4/h7-10,12-15,21H,11,16H2,1-6H3,(H,25,28). The molecule has 0 saturated carbocycles. The Bertz CT molecular complexity index is 837. The molecule has 0 aliphatic rings. The van der Waals surface area contributed by atoms with E-state index in [0.29, 0.717) is 12.8 Å². The zero-order valence-corrected chi connectivity index (χ0v) is 18.7. The predicted octanol–water partition coefficient (Wildman–Crippen LogP) is 4.70. The summed E-state index contributed by atoms with van der Waals surface area (Å²) in [6.45, 7) is 7.39. The number of carbonyl (C=O) groups is 2. The summed E-state index contributed by atoms with van der Waals surface area (Å²) >= 11 is 0. The van der Waals surface area contributed by atoms with Crippen molar-refractivity contribution in [1.82, 2.24) is 10.2 Å². The maximum Gasteiger partial charge on any atom is 0.408 e. The molecule has 162 valence electrons. The van der Waals surface area contributed by atoms with Crippen LogP contribution in [0.25, 0.3) is 0 Å². The van der Waals surface area contributed by atoms with Gasteiger partial charge >= 0.3 is 6.09 Å². The number of aryl methyl sites for hydroxylation is 2. The second kappa shape index (κ2) is 10.1. The number of alkyl carbamates (subject to hydrolysis) is 1. The minimum Gasteiger partial charge on any atom is -0.457 e. The maximum atomic E-state index is 12.5. The lowest BCUT2D eigenvalue weighted by Crippen LogP contribution is -2.48. The fourth-order valence-electron chi connectivity index (χ4n) is 2.80. The Hall–Kier alpha value is -3.02. The van der Waals surface area contributed by atoms with Crippen molar-refractivity contribution in [3.63, 3.8) is 0 Å². The van der Waals surface area contributed by atoms with Gasteiger partial charge in [-0.05, 0) is 70.4 Å². The summed E-state index contributed by atoms with van der Waals surface area (Å²) in [5.74, 6) is 1.36. The molecule has 1 N–H and O–H groups in total. The lowest BCUT2D eigenvalue weighted by atomic mass is 10.0. The van der Waals surface area contributed by atoms with Crippen LogP contribution in [0.1, 0.15) is 38.3 Å². The van der Waals surface area contributed by atoms with Crippen molar-refractivity contribution in [2.75, 3.05) is 14.1 Å². The zero-order chi connectivity index (χ0) is 22.3. The Labute approximate surface area is 179 Å². The number of nitrogens with zero attached hydrogens (tertiary/aromatic N) is 1. The number of rotatable bonds is 7. The molecule has 6 heteroatoms. The molecule has 0 aliphatic carbocycles. The highest BCUT2D eigenvalue weighted by atomic mass is 16.6. The van der Waals surface area contributed by atoms with Gasteiger partial charge in [0.15, 0.2) is 0 Å². The van der Waals surface area contributed by atoms with Gasteiger partial charge in [0, 0.05) is 14.1 Å². The Balaban J connectivity index is 1.97. The summed E-state index contributed by atoms with van der Waals surface area (Å²) in [7, 11) is 3.34. The molecule has 0 saturated heterocycles. The number of hydrogen-bond acceptors (Lipinski definition) is 4. The largest absolute Gasteiger partial charge is 0.457 e. The van der Waals surface area contributed by atoms with Gasteiger partial charge in [-0.1, -0.05) is 29.8 Å². The third kappa shape index (κ3) is 7.78. The van der Waals surface area contributed by atoms with Crippen LogP contribution in [0.4, 0.5) is 4.79 Å². The lowest BCUT2D eigenvalue weighted by Gasteiger charge is -2.25. The molecule has 2 rings (SSSR count). The first-order chi connectivity index (χ1) is 14.0. The highest BCUT2D eigenvalue weighted by Crippen LogP contribution is 2.22. The van der Waals surface area contributed by atoms with Crippen LogP contribution in [-0.4, -0.2) is 42.6 Å². The second-order valence-electron chi connectivity index (χ2n) is 8.53. The van der Waals surface area contributed by atoms with Gasteiger partial charge in [0.1, 0.15) is 23.1 Å². The quantitative estimate of drug-likeness (QED) is 0.716. The second-order valence-corrected chi connectivity index (χ2v) is 8.53. The molecule has 0 heterocycles. The number of carbonyl (C=O) groups excluding carboxylic acids is 2. The summed E-state index contributed by atoms with van der Waals surface area (Å²) in [4.78, 5) is 26.1. The van der Waals surface area contributed by atoms with Crippen LogP contribution in [0.3, 0.4) is 0 Å². The molecule has 2 amide bonds. The predicted molar refractivity (Wildman–Crippen MR) is 118 cm³/mol. The molecule has 0 spiro atoms. The van der Waals surface area contributed by atoms with E-state index in [1.807, 2.05) is 55.5 Å². The first kappa shape index (κ1) is 23.3. The minimum atomic E-state index is -0.654. The van der Waals surface area contributed by atoms with Crippen LogP contribution in [0.15, 0.2) is 48.5 Å². The number of benzene rings is 2. The molecule has 0 fully saturated rings. The molecule has 2 aromatic carbocycles. The zero-order valence-electron chi connectivity index (χ0n) is 18.7. The molecule has 0 radical (unpaired) electrons. The lowest BCUT2D eigenvalue weighted by molar-refractivity contribution is -0.131. The normalized spacial score (nSPS) is 12.1. The molecule has 0 aliphatic heterocycles. The molecular weight excluding hydrogens is 380 g/mol. The number of amides is 2. The van der Waals surface area contributed by atoms with Crippen LogP contribution in [0, 0.1) is 6.92 Å². The van der Waals surface area contributed by atoms with Crippen LogP contribution in [0.5, 0.6) is 11.5 Å². The van der Waals surface area contributed by atoms with Crippen molar-refractivity contribution in [2.45, 2.75) is 52.2 Å². The van der Waals surface area contributed by atoms with Crippen molar-refractivity contribution in [2.24, 2.45) is 0 Å². The van der Waals surface area contributed by atoms with Crippen molar-refractivity contribution in [3.05, 3.63) is 59.7 Å². The monoisotopic (exact) mass is 412 g/mol. The topological polar surface area (TPSA) is 67.9 Å². The number of hydrogen-bond donors (Lipinski definition) is 1. The van der Waals surface area contributed by atoms with Crippen LogP contribution in [0.2, 0.25) is 0 Å². The van der Waals surface area contributed by atoms with Crippen molar-refractivity contribution >= 4 is 12.0 Å². The van der Waals surface area contributed by atoms with E-state index in [1.165, 1.54) is 10.5 Å². The van der Waals surface area contributed by atoms with E-state index in [4.69, 9.17) is 9.47 Å². The molecule has 2 aromatic rings. The Morgan fingerprint density at radius 1 is 0.967 bits per heavy atom. The number of likely N-dealkylation sites (N-methyl/N-ethyl adjacent to an activating group) is 1. The molecule has 6 nitrogen and oxygen atoms in total. The van der Waals surface area contributed by atoms with Crippen LogP contribution in [-0.2, 0) is 16.0 Å². The van der Waals surface area contributed by atoms with Gasteiger partial charge in [0.05, 0.1) is 0 Å². The first-order valence-corrected chi connectivity index (χ1v) is 10.1. The van der Waals surface area contributed by atoms with E-state index in [-0.39, 0.29) is 5.91 Å². The number of nitrogens with one attached hydrogen (secondary N) is 1. The fourth-order valence-corrected chi connectivity index (χ4v) is 2.80. The molecular formula is C24H32N2O4. The minimum absolute atomic E-state index is 0.166. The van der Waals surface area contributed by atoms with Gasteiger partial charge in [-0.2, -0.15) is 0 Å². The van der Waals surface area contributed by atoms with E-state index in [9.17, 15) is 9.59 Å². The molecule has 0 aromatic heterocycles. The molecule has 1 unspecified atom stereocenters. The van der Waals surface area contributed by atoms with Gasteiger partial charge in [0.2, 0.25) is 5.91 Å². The highest BCUT2D eigenvalue weighted by molar-refractivity contribution is 5.85. The third-order valence-corrected chi connectivity index (χ3v) is 4.33.